The SMILES string of the molecule is CC(C)[C@@H](NC(=O)C[C@@H]1C[C@@H]1c1nc2ccccc2[nH]1)c1cc2ccc(F)cc2o1. The van der Waals surface area contributed by atoms with Crippen LogP contribution in [0.1, 0.15) is 50.2 Å². The molecule has 0 bridgehead atoms. The van der Waals surface area contributed by atoms with Gasteiger partial charge in [-0.1, -0.05) is 26.0 Å². The third-order valence-electron chi connectivity index (χ3n) is 5.92. The van der Waals surface area contributed by atoms with E-state index in [4.69, 9.17) is 4.42 Å². The van der Waals surface area contributed by atoms with Crippen molar-refractivity contribution in [1.29, 1.82) is 0 Å². The molecule has 4 aromatic rings. The molecular formula is C24H24FN3O2. The maximum absolute atomic E-state index is 13.5. The Balaban J connectivity index is 1.26. The minimum absolute atomic E-state index is 0.00366. The van der Waals surface area contributed by atoms with Gasteiger partial charge >= 0.3 is 0 Å². The molecule has 0 aliphatic heterocycles. The van der Waals surface area contributed by atoms with E-state index < -0.39 is 0 Å². The number of imidazole rings is 1. The topological polar surface area (TPSA) is 70.9 Å². The van der Waals surface area contributed by atoms with Crippen LogP contribution in [0, 0.1) is 17.7 Å². The number of furan rings is 1. The molecule has 2 aromatic carbocycles. The van der Waals surface area contributed by atoms with Crippen LogP contribution in [0.15, 0.2) is 52.9 Å². The van der Waals surface area contributed by atoms with Crippen LogP contribution >= 0.6 is 0 Å². The number of nitrogens with zero attached hydrogens (tertiary/aromatic N) is 1. The van der Waals surface area contributed by atoms with Crippen molar-refractivity contribution in [3.8, 4) is 0 Å². The van der Waals surface area contributed by atoms with E-state index in [1.165, 1.54) is 12.1 Å². The van der Waals surface area contributed by atoms with Crippen LogP contribution in [0.3, 0.4) is 0 Å². The Labute approximate surface area is 173 Å². The number of nitrogens with one attached hydrogen (secondary N) is 2. The first-order valence-corrected chi connectivity index (χ1v) is 10.4. The van der Waals surface area contributed by atoms with E-state index >= 15 is 0 Å². The minimum Gasteiger partial charge on any atom is -0.459 e. The number of carbonyl (C=O) groups is 1. The number of carbonyl (C=O) groups excluding carboxylic acids is 1. The second-order valence-electron chi connectivity index (χ2n) is 8.57. The molecule has 1 saturated carbocycles. The Kier molecular flexibility index (Phi) is 4.57. The largest absolute Gasteiger partial charge is 0.459 e. The van der Waals surface area contributed by atoms with Crippen LogP contribution < -0.4 is 5.32 Å². The zero-order valence-corrected chi connectivity index (χ0v) is 17.0. The van der Waals surface area contributed by atoms with Crippen LogP contribution in [0.2, 0.25) is 0 Å². The van der Waals surface area contributed by atoms with Crippen molar-refractivity contribution < 1.29 is 13.6 Å². The molecule has 1 amide bonds. The summed E-state index contributed by atoms with van der Waals surface area (Å²) in [6, 6.07) is 14.1. The normalized spacial score (nSPS) is 19.5. The van der Waals surface area contributed by atoms with Crippen molar-refractivity contribution in [3.05, 3.63) is 65.9 Å². The minimum atomic E-state index is -0.334. The fraction of sp³-hybridized carbons (Fsp3) is 0.333. The highest BCUT2D eigenvalue weighted by atomic mass is 19.1. The molecule has 1 fully saturated rings. The van der Waals surface area contributed by atoms with Crippen molar-refractivity contribution in [3.63, 3.8) is 0 Å². The number of aromatic amines is 1. The van der Waals surface area contributed by atoms with Crippen molar-refractivity contribution in [2.45, 2.75) is 38.6 Å². The first-order valence-electron chi connectivity index (χ1n) is 10.4. The summed E-state index contributed by atoms with van der Waals surface area (Å²) in [6.07, 6.45) is 1.42. The number of hydrogen-bond acceptors (Lipinski definition) is 3. The highest BCUT2D eigenvalue weighted by molar-refractivity contribution is 5.80. The molecule has 2 heterocycles. The van der Waals surface area contributed by atoms with Gasteiger partial charge < -0.3 is 14.7 Å². The van der Waals surface area contributed by atoms with E-state index in [2.05, 4.69) is 15.3 Å². The first kappa shape index (κ1) is 18.9. The summed E-state index contributed by atoms with van der Waals surface area (Å²) in [5.41, 5.74) is 2.49. The number of halogens is 1. The van der Waals surface area contributed by atoms with Gasteiger partial charge in [-0.25, -0.2) is 9.37 Å². The van der Waals surface area contributed by atoms with E-state index in [-0.39, 0.29) is 23.7 Å². The van der Waals surface area contributed by atoms with Gasteiger partial charge in [0, 0.05) is 23.8 Å². The van der Waals surface area contributed by atoms with Gasteiger partial charge in [0.05, 0.1) is 17.1 Å². The monoisotopic (exact) mass is 405 g/mol. The summed E-state index contributed by atoms with van der Waals surface area (Å²) < 4.78 is 19.3. The number of hydrogen-bond donors (Lipinski definition) is 2. The van der Waals surface area contributed by atoms with Crippen LogP contribution in [0.4, 0.5) is 4.39 Å². The fourth-order valence-electron chi connectivity index (χ4n) is 4.17. The van der Waals surface area contributed by atoms with Crippen molar-refractivity contribution >= 4 is 27.9 Å². The smallest absolute Gasteiger partial charge is 0.220 e. The maximum Gasteiger partial charge on any atom is 0.220 e. The highest BCUT2D eigenvalue weighted by Gasteiger charge is 2.42. The number of aromatic nitrogens is 2. The molecule has 30 heavy (non-hydrogen) atoms. The second kappa shape index (κ2) is 7.27. The molecule has 5 rings (SSSR count). The second-order valence-corrected chi connectivity index (χ2v) is 8.57. The zero-order chi connectivity index (χ0) is 20.8. The molecule has 6 heteroatoms. The number of fused-ring (bicyclic) bond motifs is 2. The third kappa shape index (κ3) is 3.58. The molecule has 1 aliphatic rings. The highest BCUT2D eigenvalue weighted by Crippen LogP contribution is 2.48. The number of amides is 1. The third-order valence-corrected chi connectivity index (χ3v) is 5.92. The number of H-pyrrole nitrogens is 1. The first-order chi connectivity index (χ1) is 14.5. The molecule has 0 spiro atoms. The predicted octanol–water partition coefficient (Wildman–Crippen LogP) is 5.46. The summed E-state index contributed by atoms with van der Waals surface area (Å²) in [5, 5.41) is 3.95. The molecule has 3 atom stereocenters. The molecule has 0 unspecified atom stereocenters. The lowest BCUT2D eigenvalue weighted by Gasteiger charge is -2.20. The molecule has 5 nitrogen and oxygen atoms in total. The number of benzene rings is 2. The summed E-state index contributed by atoms with van der Waals surface area (Å²) in [5.74, 6) is 2.03. The van der Waals surface area contributed by atoms with Gasteiger partial charge in [0.25, 0.3) is 0 Å². The molecule has 0 radical (unpaired) electrons. The molecule has 0 saturated heterocycles. The lowest BCUT2D eigenvalue weighted by molar-refractivity contribution is -0.122. The van der Waals surface area contributed by atoms with Gasteiger partial charge in [0.2, 0.25) is 5.91 Å². The lowest BCUT2D eigenvalue weighted by Crippen LogP contribution is -2.31. The molecule has 154 valence electrons. The van der Waals surface area contributed by atoms with Crippen LogP contribution in [0.25, 0.3) is 22.0 Å². The Bertz CT molecular complexity index is 1190. The van der Waals surface area contributed by atoms with Gasteiger partial charge in [-0.3, -0.25) is 4.79 Å². The fourth-order valence-corrected chi connectivity index (χ4v) is 4.17. The summed E-state index contributed by atoms with van der Waals surface area (Å²) in [6.45, 7) is 4.07. The predicted molar refractivity (Wildman–Crippen MR) is 113 cm³/mol. The molecule has 2 N–H and O–H groups in total. The van der Waals surface area contributed by atoms with Gasteiger partial charge in [-0.05, 0) is 48.6 Å². The Hall–Kier alpha value is -3.15. The molecular weight excluding hydrogens is 381 g/mol. The average molecular weight is 405 g/mol. The number of para-hydroxylation sites is 2. The van der Waals surface area contributed by atoms with Crippen molar-refractivity contribution in [1.82, 2.24) is 15.3 Å². The zero-order valence-electron chi connectivity index (χ0n) is 17.0. The van der Waals surface area contributed by atoms with E-state index in [1.54, 1.807) is 6.07 Å². The Morgan fingerprint density at radius 3 is 2.90 bits per heavy atom. The van der Waals surface area contributed by atoms with E-state index in [9.17, 15) is 9.18 Å². The van der Waals surface area contributed by atoms with Crippen molar-refractivity contribution in [2.24, 2.45) is 11.8 Å². The van der Waals surface area contributed by atoms with E-state index in [1.807, 2.05) is 44.2 Å². The standard InChI is InChI=1S/C24H24FN3O2/c1-13(2)23(21-10-14-7-8-16(25)12-20(14)30-21)28-22(29)11-15-9-17(15)24-26-18-5-3-4-6-19(18)27-24/h3-8,10,12-13,15,17,23H,9,11H2,1-2H3,(H,26,27)(H,28,29)/t15-,17-,23+/m0/s1. The van der Waals surface area contributed by atoms with Gasteiger partial charge in [0.1, 0.15) is 23.0 Å². The van der Waals surface area contributed by atoms with Gasteiger partial charge in [0.15, 0.2) is 0 Å². The van der Waals surface area contributed by atoms with Crippen LogP contribution in [0.5, 0.6) is 0 Å². The quantitative estimate of drug-likeness (QED) is 0.448. The Morgan fingerprint density at radius 1 is 1.27 bits per heavy atom. The number of rotatable bonds is 6. The Morgan fingerprint density at radius 2 is 2.10 bits per heavy atom. The van der Waals surface area contributed by atoms with Gasteiger partial charge in [-0.15, -0.1) is 0 Å². The van der Waals surface area contributed by atoms with E-state index in [0.29, 0.717) is 29.6 Å². The maximum atomic E-state index is 13.5. The van der Waals surface area contributed by atoms with Crippen LogP contribution in [-0.2, 0) is 4.79 Å². The van der Waals surface area contributed by atoms with Crippen LogP contribution in [-0.4, -0.2) is 15.9 Å². The van der Waals surface area contributed by atoms with Crippen molar-refractivity contribution in [2.75, 3.05) is 0 Å². The summed E-state index contributed by atoms with van der Waals surface area (Å²) in [7, 11) is 0. The lowest BCUT2D eigenvalue weighted by atomic mass is 10.0. The average Bonchev–Trinajstić information content (AvgIpc) is 3.15. The molecule has 1 aliphatic carbocycles. The summed E-state index contributed by atoms with van der Waals surface area (Å²) in [4.78, 5) is 20.8. The molecule has 2 aromatic heterocycles. The summed E-state index contributed by atoms with van der Waals surface area (Å²) >= 11 is 0. The van der Waals surface area contributed by atoms with E-state index in [0.717, 1.165) is 28.7 Å². The van der Waals surface area contributed by atoms with Gasteiger partial charge in [-0.2, -0.15) is 0 Å².